The van der Waals surface area contributed by atoms with Crippen LogP contribution in [0.25, 0.3) is 0 Å². The van der Waals surface area contributed by atoms with E-state index in [2.05, 4.69) is 24.0 Å². The molecule has 1 N–H and O–H groups in total. The molecule has 0 aromatic heterocycles. The van der Waals surface area contributed by atoms with Crippen molar-refractivity contribution in [3.63, 3.8) is 0 Å². The van der Waals surface area contributed by atoms with E-state index in [0.29, 0.717) is 19.8 Å². The van der Waals surface area contributed by atoms with Crippen molar-refractivity contribution in [2.75, 3.05) is 19.8 Å². The maximum Gasteiger partial charge on any atom is 0.342 e. The van der Waals surface area contributed by atoms with Crippen LogP contribution in [0.2, 0.25) is 6.04 Å². The third-order valence-corrected chi connectivity index (χ3v) is 7.04. The van der Waals surface area contributed by atoms with Crippen molar-refractivity contribution in [2.45, 2.75) is 32.4 Å². The van der Waals surface area contributed by atoms with Crippen LogP contribution >= 0.6 is 0 Å². The summed E-state index contributed by atoms with van der Waals surface area (Å²) in [5, 5.41) is 2.81. The minimum atomic E-state index is -2.30. The van der Waals surface area contributed by atoms with Crippen molar-refractivity contribution in [1.82, 2.24) is 5.32 Å². The predicted octanol–water partition coefficient (Wildman–Crippen LogP) is 2.98. The molecular formula is C17H27NO3Si. The highest BCUT2D eigenvalue weighted by molar-refractivity contribution is 6.66. The summed E-state index contributed by atoms with van der Waals surface area (Å²) in [5.41, 5.74) is 1.24. The Morgan fingerprint density at radius 2 is 1.86 bits per heavy atom. The van der Waals surface area contributed by atoms with Crippen molar-refractivity contribution < 1.29 is 13.6 Å². The van der Waals surface area contributed by atoms with E-state index in [1.54, 1.807) is 0 Å². The van der Waals surface area contributed by atoms with Crippen LogP contribution in [0.1, 0.15) is 25.8 Å². The van der Waals surface area contributed by atoms with Crippen molar-refractivity contribution in [2.24, 2.45) is 0 Å². The van der Waals surface area contributed by atoms with Crippen molar-refractivity contribution in [3.8, 4) is 0 Å². The SMILES string of the molecule is C=CC(=O)NCCC[Si](Cc1ccccc1)(OCC)OCC. The largest absolute Gasteiger partial charge is 0.394 e. The van der Waals surface area contributed by atoms with E-state index in [-0.39, 0.29) is 5.91 Å². The average Bonchev–Trinajstić information content (AvgIpc) is 2.53. The first-order valence-electron chi connectivity index (χ1n) is 7.88. The van der Waals surface area contributed by atoms with Gasteiger partial charge in [-0.1, -0.05) is 36.9 Å². The maximum absolute atomic E-state index is 11.2. The maximum atomic E-state index is 11.2. The van der Waals surface area contributed by atoms with E-state index < -0.39 is 8.56 Å². The second kappa shape index (κ2) is 10.3. The third kappa shape index (κ3) is 6.55. The molecule has 0 saturated carbocycles. The summed E-state index contributed by atoms with van der Waals surface area (Å²) in [4.78, 5) is 11.2. The number of carbonyl (C=O) groups is 1. The molecule has 1 amide bonds. The van der Waals surface area contributed by atoms with Gasteiger partial charge in [0.2, 0.25) is 5.91 Å². The molecular weight excluding hydrogens is 294 g/mol. The summed E-state index contributed by atoms with van der Waals surface area (Å²) in [6, 6.07) is 12.0. The molecule has 0 fully saturated rings. The van der Waals surface area contributed by atoms with Gasteiger partial charge in [0.05, 0.1) is 0 Å². The number of nitrogens with one attached hydrogen (secondary N) is 1. The van der Waals surface area contributed by atoms with Crippen LogP contribution in [0.4, 0.5) is 0 Å². The van der Waals surface area contributed by atoms with Gasteiger partial charge in [-0.05, 0) is 38.0 Å². The Morgan fingerprint density at radius 1 is 1.23 bits per heavy atom. The van der Waals surface area contributed by atoms with Gasteiger partial charge in [-0.2, -0.15) is 0 Å². The van der Waals surface area contributed by atoms with Gasteiger partial charge >= 0.3 is 8.56 Å². The molecule has 1 aromatic rings. The standard InChI is InChI=1S/C17H27NO3Si/c1-4-17(19)18-13-10-14-22(20-5-2,21-6-3)15-16-11-8-7-9-12-16/h4,7-9,11-12H,1,5-6,10,13-15H2,2-3H3,(H,18,19). The van der Waals surface area contributed by atoms with Crippen LogP contribution in [-0.4, -0.2) is 34.2 Å². The van der Waals surface area contributed by atoms with Crippen molar-refractivity contribution in [1.29, 1.82) is 0 Å². The Kier molecular flexibility index (Phi) is 8.73. The summed E-state index contributed by atoms with van der Waals surface area (Å²) in [6.45, 7) is 9.38. The molecule has 1 rings (SSSR count). The van der Waals surface area contributed by atoms with Crippen LogP contribution in [0.15, 0.2) is 43.0 Å². The predicted molar refractivity (Wildman–Crippen MR) is 91.8 cm³/mol. The highest BCUT2D eigenvalue weighted by Crippen LogP contribution is 2.21. The summed E-state index contributed by atoms with van der Waals surface area (Å²) in [5.74, 6) is -0.136. The lowest BCUT2D eigenvalue weighted by atomic mass is 10.2. The first kappa shape index (κ1) is 18.6. The first-order valence-corrected chi connectivity index (χ1v) is 10.1. The topological polar surface area (TPSA) is 47.6 Å². The number of amides is 1. The third-order valence-electron chi connectivity index (χ3n) is 3.35. The molecule has 0 saturated heterocycles. The van der Waals surface area contributed by atoms with Crippen LogP contribution in [0.5, 0.6) is 0 Å². The second-order valence-corrected chi connectivity index (χ2v) is 8.29. The quantitative estimate of drug-likeness (QED) is 0.387. The Morgan fingerprint density at radius 3 is 2.41 bits per heavy atom. The summed E-state index contributed by atoms with van der Waals surface area (Å²) in [7, 11) is -2.30. The zero-order valence-corrected chi connectivity index (χ0v) is 14.6. The smallest absolute Gasteiger partial charge is 0.342 e. The van der Waals surface area contributed by atoms with Crippen LogP contribution in [0, 0.1) is 0 Å². The van der Waals surface area contributed by atoms with Crippen LogP contribution < -0.4 is 5.32 Å². The lowest BCUT2D eigenvalue weighted by molar-refractivity contribution is -0.116. The minimum Gasteiger partial charge on any atom is -0.394 e. The van der Waals surface area contributed by atoms with Gasteiger partial charge in [-0.15, -0.1) is 0 Å². The van der Waals surface area contributed by atoms with Gasteiger partial charge in [0.1, 0.15) is 0 Å². The van der Waals surface area contributed by atoms with E-state index in [0.717, 1.165) is 18.5 Å². The summed E-state index contributed by atoms with van der Waals surface area (Å²) >= 11 is 0. The lowest BCUT2D eigenvalue weighted by Gasteiger charge is -2.30. The van der Waals surface area contributed by atoms with Gasteiger partial charge in [-0.3, -0.25) is 4.79 Å². The average molecular weight is 321 g/mol. The fourth-order valence-electron chi connectivity index (χ4n) is 2.45. The van der Waals surface area contributed by atoms with Crippen molar-refractivity contribution >= 4 is 14.5 Å². The molecule has 122 valence electrons. The Labute approximate surface area is 134 Å². The number of carbonyl (C=O) groups excluding carboxylic acids is 1. The number of hydrogen-bond donors (Lipinski definition) is 1. The normalized spacial score (nSPS) is 11.2. The number of benzene rings is 1. The van der Waals surface area contributed by atoms with E-state index in [1.807, 2.05) is 32.0 Å². The Balaban J connectivity index is 2.67. The molecule has 0 radical (unpaired) electrons. The molecule has 5 heteroatoms. The molecule has 0 unspecified atom stereocenters. The molecule has 0 aliphatic carbocycles. The number of hydrogen-bond acceptors (Lipinski definition) is 3. The van der Waals surface area contributed by atoms with Gasteiger partial charge in [0.25, 0.3) is 0 Å². The molecule has 0 aliphatic heterocycles. The molecule has 0 bridgehead atoms. The highest BCUT2D eigenvalue weighted by atomic mass is 28.4. The van der Waals surface area contributed by atoms with E-state index in [4.69, 9.17) is 8.85 Å². The van der Waals surface area contributed by atoms with Gasteiger partial charge < -0.3 is 14.2 Å². The van der Waals surface area contributed by atoms with Gasteiger partial charge in [0.15, 0.2) is 0 Å². The first-order chi connectivity index (χ1) is 10.7. The van der Waals surface area contributed by atoms with Gasteiger partial charge in [0, 0.05) is 25.8 Å². The summed E-state index contributed by atoms with van der Waals surface area (Å²) < 4.78 is 12.2. The fraction of sp³-hybridized carbons (Fsp3) is 0.471. The van der Waals surface area contributed by atoms with Crippen molar-refractivity contribution in [3.05, 3.63) is 48.6 Å². The minimum absolute atomic E-state index is 0.136. The zero-order chi connectivity index (χ0) is 16.3. The van der Waals surface area contributed by atoms with Gasteiger partial charge in [-0.25, -0.2) is 0 Å². The fourth-order valence-corrected chi connectivity index (χ4v) is 5.83. The molecule has 0 atom stereocenters. The van der Waals surface area contributed by atoms with E-state index >= 15 is 0 Å². The Hall–Kier alpha value is -1.43. The van der Waals surface area contributed by atoms with Crippen LogP contribution in [0.3, 0.4) is 0 Å². The molecule has 0 aliphatic rings. The molecule has 0 spiro atoms. The summed E-state index contributed by atoms with van der Waals surface area (Å²) in [6.07, 6.45) is 2.14. The Bertz CT molecular complexity index is 444. The monoisotopic (exact) mass is 321 g/mol. The van der Waals surface area contributed by atoms with Crippen LogP contribution in [-0.2, 0) is 19.7 Å². The lowest BCUT2D eigenvalue weighted by Crippen LogP contribution is -2.45. The molecule has 22 heavy (non-hydrogen) atoms. The number of rotatable bonds is 11. The van der Waals surface area contributed by atoms with E-state index in [1.165, 1.54) is 11.6 Å². The highest BCUT2D eigenvalue weighted by Gasteiger charge is 2.36. The molecule has 4 nitrogen and oxygen atoms in total. The van der Waals surface area contributed by atoms with E-state index in [9.17, 15) is 4.79 Å². The zero-order valence-electron chi connectivity index (χ0n) is 13.6. The molecule has 1 aromatic carbocycles. The second-order valence-electron chi connectivity index (χ2n) is 5.04. The molecule has 0 heterocycles.